The maximum absolute atomic E-state index is 12.6. The van der Waals surface area contributed by atoms with Crippen LogP contribution in [0.15, 0.2) is 0 Å². The van der Waals surface area contributed by atoms with Crippen LogP contribution < -0.4 is 0 Å². The molecule has 0 saturated carbocycles. The molecule has 0 aromatic heterocycles. The number of rotatable bonds is 39. The maximum atomic E-state index is 12.6. The van der Waals surface area contributed by atoms with Gasteiger partial charge in [-0.1, -0.05) is 163 Å². The topological polar surface area (TPSA) is 69.7 Å². The van der Waals surface area contributed by atoms with Crippen molar-refractivity contribution in [2.75, 3.05) is 6.61 Å². The van der Waals surface area contributed by atoms with E-state index < -0.39 is 0 Å². The van der Waals surface area contributed by atoms with Crippen LogP contribution in [0.5, 0.6) is 0 Å². The van der Waals surface area contributed by atoms with Crippen LogP contribution in [0.1, 0.15) is 246 Å². The maximum Gasteiger partial charge on any atom is 0.306 e. The number of Topliss-reactive ketones (excluding diaryl/α,β-unsaturated/α-hetero) is 1. The fraction of sp³-hybridized carbons (Fsp3) is 0.932. The fourth-order valence-electron chi connectivity index (χ4n) is 6.67. The Morgan fingerprint density at radius 3 is 1.20 bits per heavy atom. The number of unbranched alkanes of at least 4 members (excludes halogenated alkanes) is 22. The molecule has 1 atom stereocenters. The third-order valence-corrected chi connectivity index (χ3v) is 10.1. The van der Waals surface area contributed by atoms with Crippen LogP contribution >= 0.6 is 0 Å². The lowest BCUT2D eigenvalue weighted by Gasteiger charge is -2.18. The zero-order chi connectivity index (χ0) is 36.0. The lowest BCUT2D eigenvalue weighted by atomic mass is 10.0. The summed E-state index contributed by atoms with van der Waals surface area (Å²) in [7, 11) is 0. The monoisotopic (exact) mass is 693 g/mol. The van der Waals surface area contributed by atoms with Gasteiger partial charge in [0.25, 0.3) is 0 Å². The molecule has 0 amide bonds. The molecule has 0 saturated heterocycles. The van der Waals surface area contributed by atoms with Gasteiger partial charge >= 0.3 is 11.9 Å². The standard InChI is InChI=1S/C44H84O5/c1-5-8-11-14-21-28-35-42(36-29-22-15-12-9-6-2)49-44(47)38-31-24-17-20-27-34-41(45)33-26-19-16-23-30-37-43(46)48-39-40(4)32-25-18-13-10-7-3/h40,42H,5-39H2,1-4H3. The molecule has 0 fully saturated rings. The number of ketones is 1. The smallest absolute Gasteiger partial charge is 0.306 e. The second kappa shape index (κ2) is 37.9. The van der Waals surface area contributed by atoms with Crippen LogP contribution in [0.25, 0.3) is 0 Å². The van der Waals surface area contributed by atoms with E-state index in [4.69, 9.17) is 9.47 Å². The fourth-order valence-corrected chi connectivity index (χ4v) is 6.67. The first-order valence-electron chi connectivity index (χ1n) is 21.8. The minimum atomic E-state index is -0.0563. The van der Waals surface area contributed by atoms with Crippen molar-refractivity contribution in [1.82, 2.24) is 0 Å². The zero-order valence-electron chi connectivity index (χ0n) is 33.4. The molecular weight excluding hydrogens is 608 g/mol. The molecule has 0 radical (unpaired) electrons. The average molecular weight is 693 g/mol. The molecule has 0 aliphatic heterocycles. The Hall–Kier alpha value is -1.39. The van der Waals surface area contributed by atoms with E-state index in [2.05, 4.69) is 27.7 Å². The van der Waals surface area contributed by atoms with Crippen LogP contribution in [0.2, 0.25) is 0 Å². The van der Waals surface area contributed by atoms with Crippen molar-refractivity contribution in [2.45, 2.75) is 252 Å². The third kappa shape index (κ3) is 36.2. The molecule has 0 aromatic rings. The molecule has 0 bridgehead atoms. The summed E-state index contributed by atoms with van der Waals surface area (Å²) in [6.45, 7) is 9.48. The van der Waals surface area contributed by atoms with Crippen LogP contribution in [0, 0.1) is 5.92 Å². The van der Waals surface area contributed by atoms with Gasteiger partial charge in [-0.2, -0.15) is 0 Å². The summed E-state index contributed by atoms with van der Waals surface area (Å²) in [6, 6.07) is 0. The number of hydrogen-bond donors (Lipinski definition) is 0. The SMILES string of the molecule is CCCCCCCCC(CCCCCCCC)OC(=O)CCCCCCCC(=O)CCCCCCCC(=O)OCC(C)CCCCCCC. The molecule has 0 aliphatic carbocycles. The van der Waals surface area contributed by atoms with Crippen molar-refractivity contribution in [3.05, 3.63) is 0 Å². The van der Waals surface area contributed by atoms with E-state index in [0.717, 1.165) is 83.5 Å². The van der Waals surface area contributed by atoms with Gasteiger partial charge in [0.2, 0.25) is 0 Å². The molecule has 0 aliphatic rings. The van der Waals surface area contributed by atoms with E-state index in [9.17, 15) is 14.4 Å². The number of esters is 2. The highest BCUT2D eigenvalue weighted by molar-refractivity contribution is 5.78. The van der Waals surface area contributed by atoms with Crippen LogP contribution in [0.3, 0.4) is 0 Å². The number of carbonyl (C=O) groups excluding carboxylic acids is 3. The zero-order valence-corrected chi connectivity index (χ0v) is 33.4. The minimum absolute atomic E-state index is 0.00878. The van der Waals surface area contributed by atoms with E-state index in [1.807, 2.05) is 0 Å². The predicted molar refractivity (Wildman–Crippen MR) is 209 cm³/mol. The summed E-state index contributed by atoms with van der Waals surface area (Å²) in [5.41, 5.74) is 0. The summed E-state index contributed by atoms with van der Waals surface area (Å²) in [6.07, 6.45) is 37.5. The molecule has 0 heterocycles. The average Bonchev–Trinajstić information content (AvgIpc) is 3.09. The molecule has 5 heteroatoms. The molecule has 0 spiro atoms. The largest absolute Gasteiger partial charge is 0.465 e. The van der Waals surface area contributed by atoms with Gasteiger partial charge < -0.3 is 9.47 Å². The predicted octanol–water partition coefficient (Wildman–Crippen LogP) is 14.0. The van der Waals surface area contributed by atoms with E-state index in [-0.39, 0.29) is 18.0 Å². The van der Waals surface area contributed by atoms with Gasteiger partial charge in [0.15, 0.2) is 0 Å². The Morgan fingerprint density at radius 2 is 0.755 bits per heavy atom. The van der Waals surface area contributed by atoms with Crippen molar-refractivity contribution in [3.63, 3.8) is 0 Å². The number of hydrogen-bond acceptors (Lipinski definition) is 5. The second-order valence-corrected chi connectivity index (χ2v) is 15.3. The van der Waals surface area contributed by atoms with Crippen molar-refractivity contribution in [2.24, 2.45) is 5.92 Å². The molecular formula is C44H84O5. The van der Waals surface area contributed by atoms with Crippen molar-refractivity contribution >= 4 is 17.7 Å². The Balaban J connectivity index is 3.80. The number of ether oxygens (including phenoxy) is 2. The number of carbonyl (C=O) groups is 3. The molecule has 0 N–H and O–H groups in total. The van der Waals surface area contributed by atoms with Gasteiger partial charge in [-0.05, 0) is 63.7 Å². The quantitative estimate of drug-likeness (QED) is 0.0474. The van der Waals surface area contributed by atoms with Crippen LogP contribution in [-0.4, -0.2) is 30.4 Å². The molecule has 0 rings (SSSR count). The normalized spacial score (nSPS) is 12.0. The first kappa shape index (κ1) is 47.6. The highest BCUT2D eigenvalue weighted by Crippen LogP contribution is 2.19. The highest BCUT2D eigenvalue weighted by Gasteiger charge is 2.14. The molecule has 5 nitrogen and oxygen atoms in total. The Morgan fingerprint density at radius 1 is 0.408 bits per heavy atom. The van der Waals surface area contributed by atoms with Gasteiger partial charge in [-0.25, -0.2) is 0 Å². The highest BCUT2D eigenvalue weighted by atomic mass is 16.5. The summed E-state index contributed by atoms with van der Waals surface area (Å²) in [5.74, 6) is 0.772. The molecule has 290 valence electrons. The van der Waals surface area contributed by atoms with E-state index in [0.29, 0.717) is 44.0 Å². The Labute approximate surface area is 305 Å². The van der Waals surface area contributed by atoms with Crippen LogP contribution in [0.4, 0.5) is 0 Å². The van der Waals surface area contributed by atoms with Gasteiger partial charge in [-0.3, -0.25) is 14.4 Å². The van der Waals surface area contributed by atoms with Crippen molar-refractivity contribution in [3.8, 4) is 0 Å². The lowest BCUT2D eigenvalue weighted by molar-refractivity contribution is -0.150. The molecule has 49 heavy (non-hydrogen) atoms. The summed E-state index contributed by atoms with van der Waals surface area (Å²) >= 11 is 0. The molecule has 0 aromatic carbocycles. The Bertz CT molecular complexity index is 719. The van der Waals surface area contributed by atoms with E-state index in [1.54, 1.807) is 0 Å². The van der Waals surface area contributed by atoms with Gasteiger partial charge in [-0.15, -0.1) is 0 Å². The minimum Gasteiger partial charge on any atom is -0.465 e. The third-order valence-electron chi connectivity index (χ3n) is 10.1. The summed E-state index contributed by atoms with van der Waals surface area (Å²) in [5, 5.41) is 0. The van der Waals surface area contributed by atoms with Crippen molar-refractivity contribution in [1.29, 1.82) is 0 Å². The summed E-state index contributed by atoms with van der Waals surface area (Å²) in [4.78, 5) is 36.9. The van der Waals surface area contributed by atoms with Crippen molar-refractivity contribution < 1.29 is 23.9 Å². The van der Waals surface area contributed by atoms with Gasteiger partial charge in [0.05, 0.1) is 6.61 Å². The van der Waals surface area contributed by atoms with Gasteiger partial charge in [0, 0.05) is 25.7 Å². The lowest BCUT2D eigenvalue weighted by Crippen LogP contribution is -2.18. The molecule has 1 unspecified atom stereocenters. The first-order valence-corrected chi connectivity index (χ1v) is 21.8. The first-order chi connectivity index (χ1) is 23.9. The summed E-state index contributed by atoms with van der Waals surface area (Å²) < 4.78 is 11.5. The van der Waals surface area contributed by atoms with Gasteiger partial charge in [0.1, 0.15) is 11.9 Å². The van der Waals surface area contributed by atoms with E-state index in [1.165, 1.54) is 109 Å². The second-order valence-electron chi connectivity index (χ2n) is 15.3. The van der Waals surface area contributed by atoms with Crippen LogP contribution in [-0.2, 0) is 23.9 Å². The Kier molecular flexibility index (Phi) is 36.8. The van der Waals surface area contributed by atoms with E-state index >= 15 is 0 Å².